The van der Waals surface area contributed by atoms with E-state index in [0.29, 0.717) is 5.91 Å². The predicted molar refractivity (Wildman–Crippen MR) is 81.9 cm³/mol. The van der Waals surface area contributed by atoms with Gasteiger partial charge in [-0.25, -0.2) is 0 Å². The lowest BCUT2D eigenvalue weighted by atomic mass is 9.99. The van der Waals surface area contributed by atoms with E-state index >= 15 is 0 Å². The zero-order valence-electron chi connectivity index (χ0n) is 11.7. The van der Waals surface area contributed by atoms with Gasteiger partial charge < -0.3 is 4.90 Å². The number of rotatable bonds is 4. The monoisotopic (exact) mass is 323 g/mol. The number of hydrogen-bond acceptors (Lipinski definition) is 1. The first-order valence-corrected chi connectivity index (χ1v) is 8.02. The molecule has 1 aliphatic rings. The Morgan fingerprint density at radius 2 is 2.16 bits per heavy atom. The number of carbonyl (C=O) groups excluding carboxylic acids is 1. The summed E-state index contributed by atoms with van der Waals surface area (Å²) < 4.78 is 1.09. The van der Waals surface area contributed by atoms with Crippen LogP contribution in [0.3, 0.4) is 0 Å². The van der Waals surface area contributed by atoms with Gasteiger partial charge in [0.25, 0.3) is 0 Å². The summed E-state index contributed by atoms with van der Waals surface area (Å²) in [5.74, 6) is 0.528. The molecule has 1 aromatic carbocycles. The highest BCUT2D eigenvalue weighted by Gasteiger charge is 2.32. The number of amides is 1. The van der Waals surface area contributed by atoms with Crippen molar-refractivity contribution in [1.82, 2.24) is 4.90 Å². The van der Waals surface area contributed by atoms with Crippen molar-refractivity contribution >= 4 is 21.8 Å². The maximum absolute atomic E-state index is 12.6. The second kappa shape index (κ2) is 6.56. The van der Waals surface area contributed by atoms with Crippen molar-refractivity contribution in [2.75, 3.05) is 6.54 Å². The highest BCUT2D eigenvalue weighted by molar-refractivity contribution is 9.10. The molecule has 0 spiro atoms. The summed E-state index contributed by atoms with van der Waals surface area (Å²) in [4.78, 5) is 14.7. The average Bonchev–Trinajstić information content (AvgIpc) is 2.89. The number of hydrogen-bond donors (Lipinski definition) is 0. The molecular weight excluding hydrogens is 302 g/mol. The lowest BCUT2D eigenvalue weighted by Crippen LogP contribution is -2.35. The second-order valence-electron chi connectivity index (χ2n) is 5.26. The zero-order valence-corrected chi connectivity index (χ0v) is 13.3. The van der Waals surface area contributed by atoms with Crippen molar-refractivity contribution in [2.45, 2.75) is 45.6 Å². The molecule has 1 unspecified atom stereocenters. The second-order valence-corrected chi connectivity index (χ2v) is 6.17. The summed E-state index contributed by atoms with van der Waals surface area (Å²) in [6.07, 6.45) is 4.08. The van der Waals surface area contributed by atoms with Gasteiger partial charge in [0, 0.05) is 16.9 Å². The highest BCUT2D eigenvalue weighted by atomic mass is 79.9. The minimum atomic E-state index is 0.188. The van der Waals surface area contributed by atoms with E-state index in [9.17, 15) is 4.79 Å². The van der Waals surface area contributed by atoms with E-state index < -0.39 is 0 Å². The highest BCUT2D eigenvalue weighted by Crippen LogP contribution is 2.34. The van der Waals surface area contributed by atoms with Crippen molar-refractivity contribution in [3.05, 3.63) is 34.3 Å². The molecule has 0 radical (unpaired) electrons. The Balaban J connectivity index is 2.19. The van der Waals surface area contributed by atoms with Crippen LogP contribution in [0.25, 0.3) is 0 Å². The lowest BCUT2D eigenvalue weighted by Gasteiger charge is -2.28. The molecule has 0 N–H and O–H groups in total. The van der Waals surface area contributed by atoms with Crippen LogP contribution in [-0.4, -0.2) is 17.4 Å². The Labute approximate surface area is 124 Å². The van der Waals surface area contributed by atoms with Gasteiger partial charge in [-0.05, 0) is 43.4 Å². The fourth-order valence-corrected chi connectivity index (χ4v) is 3.38. The van der Waals surface area contributed by atoms with Gasteiger partial charge in [0.15, 0.2) is 0 Å². The fraction of sp³-hybridized carbons (Fsp3) is 0.562. The zero-order chi connectivity index (χ0) is 13.8. The summed E-state index contributed by atoms with van der Waals surface area (Å²) in [6, 6.07) is 8.63. The van der Waals surface area contributed by atoms with Crippen LogP contribution in [-0.2, 0) is 4.79 Å². The van der Waals surface area contributed by atoms with Gasteiger partial charge >= 0.3 is 0 Å². The fourth-order valence-electron chi connectivity index (χ4n) is 2.96. The van der Waals surface area contributed by atoms with Gasteiger partial charge in [-0.3, -0.25) is 4.79 Å². The Kier molecular flexibility index (Phi) is 5.03. The maximum atomic E-state index is 12.6. The third kappa shape index (κ3) is 3.19. The molecule has 1 atom stereocenters. The molecule has 104 valence electrons. The number of halogens is 1. The first-order chi connectivity index (χ1) is 9.17. The Morgan fingerprint density at radius 3 is 2.79 bits per heavy atom. The first kappa shape index (κ1) is 14.6. The van der Waals surface area contributed by atoms with Crippen molar-refractivity contribution < 1.29 is 4.79 Å². The van der Waals surface area contributed by atoms with Crippen molar-refractivity contribution in [1.29, 1.82) is 0 Å². The van der Waals surface area contributed by atoms with Gasteiger partial charge in [0.1, 0.15) is 0 Å². The maximum Gasteiger partial charge on any atom is 0.226 e. The van der Waals surface area contributed by atoms with Crippen molar-refractivity contribution in [3.8, 4) is 0 Å². The molecule has 0 aromatic heterocycles. The summed E-state index contributed by atoms with van der Waals surface area (Å²) in [7, 11) is 0. The minimum Gasteiger partial charge on any atom is -0.335 e. The summed E-state index contributed by atoms with van der Waals surface area (Å²) in [5.41, 5.74) is 1.26. The Morgan fingerprint density at radius 1 is 1.42 bits per heavy atom. The summed E-state index contributed by atoms with van der Waals surface area (Å²) >= 11 is 3.52. The average molecular weight is 324 g/mol. The van der Waals surface area contributed by atoms with Gasteiger partial charge in [-0.1, -0.05) is 41.9 Å². The van der Waals surface area contributed by atoms with E-state index in [1.807, 2.05) is 6.07 Å². The molecule has 0 saturated carbocycles. The van der Waals surface area contributed by atoms with Gasteiger partial charge in [-0.2, -0.15) is 0 Å². The van der Waals surface area contributed by atoms with E-state index in [4.69, 9.17) is 0 Å². The van der Waals surface area contributed by atoms with Gasteiger partial charge in [0.05, 0.1) is 6.04 Å². The van der Waals surface area contributed by atoms with E-state index in [-0.39, 0.29) is 12.0 Å². The number of benzene rings is 1. The molecule has 0 bridgehead atoms. The van der Waals surface area contributed by atoms with Crippen LogP contribution in [0, 0.1) is 5.92 Å². The van der Waals surface area contributed by atoms with E-state index in [2.05, 4.69) is 52.9 Å². The van der Waals surface area contributed by atoms with Crippen LogP contribution in [0.4, 0.5) is 0 Å². The first-order valence-electron chi connectivity index (χ1n) is 7.23. The van der Waals surface area contributed by atoms with Gasteiger partial charge in [-0.15, -0.1) is 0 Å². The van der Waals surface area contributed by atoms with Crippen molar-refractivity contribution in [3.63, 3.8) is 0 Å². The molecule has 3 heteroatoms. The minimum absolute atomic E-state index is 0.188. The molecule has 2 rings (SSSR count). The predicted octanol–water partition coefficient (Wildman–Crippen LogP) is 4.55. The standard InChI is InChI=1S/C16H22BrNO/c1-3-12(4-2)16(19)18-10-6-9-15(18)13-7-5-8-14(17)11-13/h5,7-8,11-12,15H,3-4,6,9-10H2,1-2H3. The summed E-state index contributed by atoms with van der Waals surface area (Å²) in [5, 5.41) is 0. The van der Waals surface area contributed by atoms with Gasteiger partial charge in [0.2, 0.25) is 5.91 Å². The molecule has 1 fully saturated rings. The lowest BCUT2D eigenvalue weighted by molar-refractivity contribution is -0.136. The molecule has 1 aromatic rings. The third-order valence-electron chi connectivity index (χ3n) is 4.10. The number of nitrogens with zero attached hydrogens (tertiary/aromatic N) is 1. The van der Waals surface area contributed by atoms with Crippen molar-refractivity contribution in [2.24, 2.45) is 5.92 Å². The van der Waals surface area contributed by atoms with Crippen LogP contribution in [0.15, 0.2) is 28.7 Å². The van der Waals surface area contributed by atoms with E-state index in [0.717, 1.165) is 36.7 Å². The largest absolute Gasteiger partial charge is 0.335 e. The SMILES string of the molecule is CCC(CC)C(=O)N1CCCC1c1cccc(Br)c1. The molecule has 1 heterocycles. The molecule has 2 nitrogen and oxygen atoms in total. The smallest absolute Gasteiger partial charge is 0.226 e. The molecular formula is C16H22BrNO. The van der Waals surface area contributed by atoms with Crippen LogP contribution < -0.4 is 0 Å². The molecule has 1 aliphatic heterocycles. The topological polar surface area (TPSA) is 20.3 Å². The van der Waals surface area contributed by atoms with Crippen LogP contribution in [0.2, 0.25) is 0 Å². The number of likely N-dealkylation sites (tertiary alicyclic amines) is 1. The Hall–Kier alpha value is -0.830. The molecule has 19 heavy (non-hydrogen) atoms. The van der Waals surface area contributed by atoms with E-state index in [1.54, 1.807) is 0 Å². The summed E-state index contributed by atoms with van der Waals surface area (Å²) in [6.45, 7) is 5.12. The normalized spacial score (nSPS) is 19.2. The van der Waals surface area contributed by atoms with E-state index in [1.165, 1.54) is 5.56 Å². The van der Waals surface area contributed by atoms with Crippen LogP contribution >= 0.6 is 15.9 Å². The number of carbonyl (C=O) groups is 1. The molecule has 1 saturated heterocycles. The van der Waals surface area contributed by atoms with Crippen LogP contribution in [0.1, 0.15) is 51.1 Å². The van der Waals surface area contributed by atoms with Crippen LogP contribution in [0.5, 0.6) is 0 Å². The Bertz CT molecular complexity index is 442. The molecule has 0 aliphatic carbocycles. The quantitative estimate of drug-likeness (QED) is 0.796. The third-order valence-corrected chi connectivity index (χ3v) is 4.60. The molecule has 1 amide bonds.